The van der Waals surface area contributed by atoms with Crippen molar-refractivity contribution in [2.45, 2.75) is 105 Å². The van der Waals surface area contributed by atoms with E-state index < -0.39 is 47.9 Å². The zero-order chi connectivity index (χ0) is 31.4. The van der Waals surface area contributed by atoms with Gasteiger partial charge in [0.1, 0.15) is 17.7 Å². The fourth-order valence-corrected chi connectivity index (χ4v) is 4.63. The smallest absolute Gasteiger partial charge is 0.408 e. The van der Waals surface area contributed by atoms with Crippen LogP contribution in [0.25, 0.3) is 0 Å². The highest BCUT2D eigenvalue weighted by Gasteiger charge is 2.37. The van der Waals surface area contributed by atoms with Crippen molar-refractivity contribution in [2.24, 2.45) is 5.73 Å². The van der Waals surface area contributed by atoms with Crippen molar-refractivity contribution >= 4 is 29.5 Å². The summed E-state index contributed by atoms with van der Waals surface area (Å²) < 4.78 is 5.37. The third-order valence-corrected chi connectivity index (χ3v) is 6.99. The quantitative estimate of drug-likeness (QED) is 0.241. The van der Waals surface area contributed by atoms with E-state index in [1.54, 1.807) is 20.8 Å². The standard InChI is InChI=1S/C33H48N4O5/c1-8-9-10-11-14-19-37(31(40)27(21-28(34)38)36-32(41)42-33(5,6)7)29(25-18-17-22(2)24(4)20-25)30(39)35-26-16-13-12-15-23(26)3/h12-13,15-18,20,27,29H,8-11,14,19,21H2,1-7H3,(H2,34,38)(H,35,39)(H,36,41). The number of hydrogen-bond acceptors (Lipinski definition) is 5. The third-order valence-electron chi connectivity index (χ3n) is 6.99. The molecule has 0 aliphatic rings. The minimum Gasteiger partial charge on any atom is -0.444 e. The van der Waals surface area contributed by atoms with Gasteiger partial charge >= 0.3 is 6.09 Å². The Morgan fingerprint density at radius 1 is 0.905 bits per heavy atom. The Bertz CT molecular complexity index is 1240. The number of aryl methyl sites for hydroxylation is 3. The highest BCUT2D eigenvalue weighted by molar-refractivity contribution is 6.00. The van der Waals surface area contributed by atoms with Gasteiger partial charge in [0.2, 0.25) is 11.8 Å². The molecule has 0 saturated heterocycles. The summed E-state index contributed by atoms with van der Waals surface area (Å²) in [5.41, 5.74) is 8.84. The Kier molecular flexibility index (Phi) is 13.0. The second-order valence-electron chi connectivity index (χ2n) is 11.9. The van der Waals surface area contributed by atoms with E-state index in [9.17, 15) is 19.2 Å². The summed E-state index contributed by atoms with van der Waals surface area (Å²) in [4.78, 5) is 54.6. The van der Waals surface area contributed by atoms with E-state index in [0.29, 0.717) is 17.7 Å². The number of primary amides is 1. The number of alkyl carbamates (subject to hydrolysis) is 1. The van der Waals surface area contributed by atoms with E-state index in [0.717, 1.165) is 42.4 Å². The molecule has 42 heavy (non-hydrogen) atoms. The number of carbonyl (C=O) groups is 4. The van der Waals surface area contributed by atoms with Crippen molar-refractivity contribution in [3.05, 3.63) is 64.7 Å². The number of rotatable bonds is 14. The maximum Gasteiger partial charge on any atom is 0.408 e. The molecule has 0 aromatic heterocycles. The predicted octanol–water partition coefficient (Wildman–Crippen LogP) is 5.86. The van der Waals surface area contributed by atoms with Gasteiger partial charge < -0.3 is 26.0 Å². The Balaban J connectivity index is 2.58. The number of para-hydroxylation sites is 1. The molecule has 2 aromatic carbocycles. The molecular weight excluding hydrogens is 532 g/mol. The minimum absolute atomic E-state index is 0.243. The first-order valence-electron chi connectivity index (χ1n) is 14.8. The number of nitrogens with zero attached hydrogens (tertiary/aromatic N) is 1. The van der Waals surface area contributed by atoms with E-state index in [-0.39, 0.29) is 6.54 Å². The monoisotopic (exact) mass is 580 g/mol. The number of hydrogen-bond donors (Lipinski definition) is 3. The molecule has 4 N–H and O–H groups in total. The number of amides is 4. The SMILES string of the molecule is CCCCCCCN(C(=O)C(CC(N)=O)NC(=O)OC(C)(C)C)C(C(=O)Nc1ccccc1C)c1ccc(C)c(C)c1. The summed E-state index contributed by atoms with van der Waals surface area (Å²) >= 11 is 0. The average Bonchev–Trinajstić information content (AvgIpc) is 2.89. The lowest BCUT2D eigenvalue weighted by atomic mass is 9.97. The Labute approximate surface area is 250 Å². The van der Waals surface area contributed by atoms with Gasteiger partial charge in [-0.2, -0.15) is 0 Å². The van der Waals surface area contributed by atoms with Gasteiger partial charge in [0, 0.05) is 12.2 Å². The number of nitrogens with one attached hydrogen (secondary N) is 2. The van der Waals surface area contributed by atoms with Gasteiger partial charge in [-0.3, -0.25) is 14.4 Å². The number of benzene rings is 2. The molecule has 0 bridgehead atoms. The Morgan fingerprint density at radius 2 is 1.57 bits per heavy atom. The fraction of sp³-hybridized carbons (Fsp3) is 0.515. The number of unbranched alkanes of at least 4 members (excludes halogenated alkanes) is 4. The van der Waals surface area contributed by atoms with Crippen LogP contribution >= 0.6 is 0 Å². The summed E-state index contributed by atoms with van der Waals surface area (Å²) in [6.07, 6.45) is 3.32. The summed E-state index contributed by atoms with van der Waals surface area (Å²) in [6.45, 7) is 13.3. The first-order chi connectivity index (χ1) is 19.7. The molecule has 0 heterocycles. The van der Waals surface area contributed by atoms with Crippen molar-refractivity contribution in [3.63, 3.8) is 0 Å². The molecule has 0 fully saturated rings. The van der Waals surface area contributed by atoms with E-state index in [2.05, 4.69) is 17.6 Å². The van der Waals surface area contributed by atoms with E-state index in [4.69, 9.17) is 10.5 Å². The predicted molar refractivity (Wildman–Crippen MR) is 166 cm³/mol. The summed E-state index contributed by atoms with van der Waals surface area (Å²) in [5, 5.41) is 5.54. The second kappa shape index (κ2) is 15.9. The molecule has 2 aromatic rings. The molecule has 9 heteroatoms. The molecule has 0 aliphatic heterocycles. The molecule has 0 radical (unpaired) electrons. The topological polar surface area (TPSA) is 131 Å². The molecular formula is C33H48N4O5. The maximum absolute atomic E-state index is 14.3. The maximum atomic E-state index is 14.3. The molecule has 2 unspecified atom stereocenters. The van der Waals surface area contributed by atoms with Crippen LogP contribution in [0, 0.1) is 20.8 Å². The van der Waals surface area contributed by atoms with Gasteiger partial charge in [0.05, 0.1) is 6.42 Å². The van der Waals surface area contributed by atoms with Crippen molar-refractivity contribution in [2.75, 3.05) is 11.9 Å². The normalized spacial score (nSPS) is 12.6. The second-order valence-corrected chi connectivity index (χ2v) is 11.9. The zero-order valence-electron chi connectivity index (χ0n) is 26.2. The van der Waals surface area contributed by atoms with Crippen molar-refractivity contribution in [1.29, 1.82) is 0 Å². The molecule has 2 atom stereocenters. The van der Waals surface area contributed by atoms with Gasteiger partial charge in [0.25, 0.3) is 5.91 Å². The van der Waals surface area contributed by atoms with Gasteiger partial charge in [-0.05, 0) is 76.3 Å². The summed E-state index contributed by atoms with van der Waals surface area (Å²) in [5.74, 6) is -1.75. The first-order valence-corrected chi connectivity index (χ1v) is 14.8. The first kappa shape index (κ1) is 34.3. The Hall–Kier alpha value is -3.88. The largest absolute Gasteiger partial charge is 0.444 e. The van der Waals surface area contributed by atoms with Gasteiger partial charge in [-0.15, -0.1) is 0 Å². The lowest BCUT2D eigenvalue weighted by molar-refractivity contribution is -0.142. The number of anilines is 1. The van der Waals surface area contributed by atoms with Crippen LogP contribution in [0.3, 0.4) is 0 Å². The minimum atomic E-state index is -1.31. The highest BCUT2D eigenvalue weighted by atomic mass is 16.6. The third kappa shape index (κ3) is 10.8. The molecule has 9 nitrogen and oxygen atoms in total. The van der Waals surface area contributed by atoms with Crippen molar-refractivity contribution < 1.29 is 23.9 Å². The van der Waals surface area contributed by atoms with Gasteiger partial charge in [0.15, 0.2) is 0 Å². The summed E-state index contributed by atoms with van der Waals surface area (Å²) in [7, 11) is 0. The van der Waals surface area contributed by atoms with E-state index in [1.807, 2.05) is 63.2 Å². The molecule has 0 saturated carbocycles. The van der Waals surface area contributed by atoms with Crippen LogP contribution in [-0.4, -0.2) is 46.9 Å². The molecule has 0 spiro atoms. The number of ether oxygens (including phenoxy) is 1. The van der Waals surface area contributed by atoms with Crippen LogP contribution in [0.1, 0.15) is 94.5 Å². The lowest BCUT2D eigenvalue weighted by Crippen LogP contribution is -2.53. The van der Waals surface area contributed by atoms with Crippen LogP contribution in [0.15, 0.2) is 42.5 Å². The van der Waals surface area contributed by atoms with Crippen molar-refractivity contribution in [1.82, 2.24) is 10.2 Å². The van der Waals surface area contributed by atoms with Crippen LogP contribution in [0.4, 0.5) is 10.5 Å². The molecule has 230 valence electrons. The average molecular weight is 581 g/mol. The van der Waals surface area contributed by atoms with E-state index in [1.165, 1.54) is 4.90 Å². The number of nitrogens with two attached hydrogens (primary N) is 1. The molecule has 4 amide bonds. The van der Waals surface area contributed by atoms with Gasteiger partial charge in [-0.25, -0.2) is 4.79 Å². The fourth-order valence-electron chi connectivity index (χ4n) is 4.63. The van der Waals surface area contributed by atoms with Crippen LogP contribution < -0.4 is 16.4 Å². The molecule has 2 rings (SSSR count). The lowest BCUT2D eigenvalue weighted by Gasteiger charge is -2.34. The van der Waals surface area contributed by atoms with Gasteiger partial charge in [-0.1, -0.05) is 69.0 Å². The van der Waals surface area contributed by atoms with Crippen LogP contribution in [-0.2, 0) is 19.1 Å². The molecule has 0 aliphatic carbocycles. The van der Waals surface area contributed by atoms with Crippen molar-refractivity contribution in [3.8, 4) is 0 Å². The van der Waals surface area contributed by atoms with Crippen LogP contribution in [0.5, 0.6) is 0 Å². The number of carbonyl (C=O) groups excluding carboxylic acids is 4. The zero-order valence-corrected chi connectivity index (χ0v) is 26.2. The summed E-state index contributed by atoms with van der Waals surface area (Å²) in [6, 6.07) is 10.7. The highest BCUT2D eigenvalue weighted by Crippen LogP contribution is 2.28. The van der Waals surface area contributed by atoms with Crippen LogP contribution in [0.2, 0.25) is 0 Å². The Morgan fingerprint density at radius 3 is 2.17 bits per heavy atom. The van der Waals surface area contributed by atoms with E-state index >= 15 is 0 Å².